The van der Waals surface area contributed by atoms with Crippen molar-refractivity contribution in [3.8, 4) is 0 Å². The summed E-state index contributed by atoms with van der Waals surface area (Å²) in [7, 11) is 2.76. The number of likely N-dealkylation sites (tertiary alicyclic amines) is 1. The molecule has 2 aliphatic heterocycles. The SMILES string of the molecule is COC(=O)[C@@]1(C)N[C@H](c2ccccc2C)[C@@H]2C(=O)N(C)C(=O)[C@H]21. The Morgan fingerprint density at radius 3 is 2.52 bits per heavy atom. The Balaban J connectivity index is 2.14. The van der Waals surface area contributed by atoms with Crippen molar-refractivity contribution >= 4 is 17.8 Å². The molecule has 0 aliphatic carbocycles. The van der Waals surface area contributed by atoms with Gasteiger partial charge in [-0.3, -0.25) is 24.6 Å². The number of nitrogens with one attached hydrogen (secondary N) is 1. The van der Waals surface area contributed by atoms with Gasteiger partial charge in [0.1, 0.15) is 5.54 Å². The Bertz CT molecular complexity index is 702. The predicted octanol–water partition coefficient (Wildman–Crippen LogP) is 0.802. The van der Waals surface area contributed by atoms with Crippen molar-refractivity contribution in [3.05, 3.63) is 35.4 Å². The Morgan fingerprint density at radius 1 is 1.26 bits per heavy atom. The van der Waals surface area contributed by atoms with E-state index < -0.39 is 29.4 Å². The largest absolute Gasteiger partial charge is 0.468 e. The minimum Gasteiger partial charge on any atom is -0.468 e. The second kappa shape index (κ2) is 5.16. The zero-order valence-corrected chi connectivity index (χ0v) is 13.6. The third-order valence-electron chi connectivity index (χ3n) is 5.14. The Morgan fingerprint density at radius 2 is 1.91 bits per heavy atom. The molecule has 1 N–H and O–H groups in total. The Labute approximate surface area is 134 Å². The first-order valence-corrected chi connectivity index (χ1v) is 7.56. The first-order valence-electron chi connectivity index (χ1n) is 7.56. The van der Waals surface area contributed by atoms with Crippen molar-refractivity contribution in [3.63, 3.8) is 0 Å². The van der Waals surface area contributed by atoms with Crippen LogP contribution in [-0.4, -0.2) is 42.4 Å². The summed E-state index contributed by atoms with van der Waals surface area (Å²) in [5.74, 6) is -2.47. The van der Waals surface area contributed by atoms with Gasteiger partial charge in [0.05, 0.1) is 18.9 Å². The fraction of sp³-hybridized carbons (Fsp3) is 0.471. The zero-order chi connectivity index (χ0) is 16.9. The summed E-state index contributed by atoms with van der Waals surface area (Å²) in [5, 5.41) is 3.22. The van der Waals surface area contributed by atoms with Crippen LogP contribution >= 0.6 is 0 Å². The Kier molecular flexibility index (Phi) is 3.52. The fourth-order valence-corrected chi connectivity index (χ4v) is 3.89. The molecule has 6 heteroatoms. The first-order chi connectivity index (χ1) is 10.8. The van der Waals surface area contributed by atoms with Crippen molar-refractivity contribution in [2.45, 2.75) is 25.4 Å². The van der Waals surface area contributed by atoms with Crippen molar-refractivity contribution in [2.75, 3.05) is 14.2 Å². The number of imide groups is 1. The zero-order valence-electron chi connectivity index (χ0n) is 13.6. The summed E-state index contributed by atoms with van der Waals surface area (Å²) in [6, 6.07) is 7.27. The van der Waals surface area contributed by atoms with Gasteiger partial charge in [-0.2, -0.15) is 0 Å². The van der Waals surface area contributed by atoms with E-state index in [9.17, 15) is 14.4 Å². The van der Waals surface area contributed by atoms with E-state index >= 15 is 0 Å². The summed E-state index contributed by atoms with van der Waals surface area (Å²) in [5.41, 5.74) is 0.711. The highest BCUT2D eigenvalue weighted by Crippen LogP contribution is 2.49. The molecule has 1 aromatic rings. The number of rotatable bonds is 2. The molecule has 0 radical (unpaired) electrons. The van der Waals surface area contributed by atoms with E-state index in [0.29, 0.717) is 0 Å². The van der Waals surface area contributed by atoms with Crippen molar-refractivity contribution in [1.82, 2.24) is 10.2 Å². The smallest absolute Gasteiger partial charge is 0.326 e. The molecule has 0 spiro atoms. The molecule has 0 aromatic heterocycles. The van der Waals surface area contributed by atoms with E-state index in [0.717, 1.165) is 16.0 Å². The highest BCUT2D eigenvalue weighted by Gasteiger charge is 2.66. The molecule has 1 aromatic carbocycles. The number of hydrogen-bond donors (Lipinski definition) is 1. The molecule has 2 aliphatic rings. The van der Waals surface area contributed by atoms with Crippen LogP contribution in [0.4, 0.5) is 0 Å². The van der Waals surface area contributed by atoms with Gasteiger partial charge in [0, 0.05) is 13.1 Å². The van der Waals surface area contributed by atoms with Crippen LogP contribution in [-0.2, 0) is 19.1 Å². The van der Waals surface area contributed by atoms with E-state index in [4.69, 9.17) is 4.74 Å². The lowest BCUT2D eigenvalue weighted by Gasteiger charge is -2.28. The molecule has 122 valence electrons. The summed E-state index contributed by atoms with van der Waals surface area (Å²) in [4.78, 5) is 38.6. The number of esters is 1. The number of hydrogen-bond acceptors (Lipinski definition) is 5. The van der Waals surface area contributed by atoms with Crippen LogP contribution in [0.3, 0.4) is 0 Å². The predicted molar refractivity (Wildman–Crippen MR) is 82.2 cm³/mol. The number of ether oxygens (including phenoxy) is 1. The number of aryl methyl sites for hydroxylation is 1. The molecule has 0 bridgehead atoms. The standard InChI is InChI=1S/C17H20N2O4/c1-9-7-5-6-8-10(9)13-11-12(15(21)19(3)14(11)20)17(2,18-13)16(22)23-4/h5-8,11-13,18H,1-4H3/t11-,12+,13-,17+/m1/s1. The van der Waals surface area contributed by atoms with Crippen LogP contribution in [0, 0.1) is 18.8 Å². The number of methoxy groups -OCH3 is 1. The molecule has 3 rings (SSSR count). The average Bonchev–Trinajstić information content (AvgIpc) is 2.97. The molecule has 23 heavy (non-hydrogen) atoms. The molecule has 2 saturated heterocycles. The molecular formula is C17H20N2O4. The average molecular weight is 316 g/mol. The van der Waals surface area contributed by atoms with Gasteiger partial charge >= 0.3 is 5.97 Å². The number of benzene rings is 1. The molecule has 0 unspecified atom stereocenters. The lowest BCUT2D eigenvalue weighted by Crippen LogP contribution is -2.53. The maximum absolute atomic E-state index is 12.6. The summed E-state index contributed by atoms with van der Waals surface area (Å²) >= 11 is 0. The van der Waals surface area contributed by atoms with Crippen molar-refractivity contribution in [1.29, 1.82) is 0 Å². The Hall–Kier alpha value is -2.21. The molecule has 4 atom stereocenters. The topological polar surface area (TPSA) is 75.7 Å². The van der Waals surface area contributed by atoms with Crippen LogP contribution in [0.1, 0.15) is 24.1 Å². The van der Waals surface area contributed by atoms with Crippen LogP contribution < -0.4 is 5.32 Å². The van der Waals surface area contributed by atoms with Gasteiger partial charge < -0.3 is 4.74 Å². The minimum absolute atomic E-state index is 0.256. The third kappa shape index (κ3) is 2.01. The maximum Gasteiger partial charge on any atom is 0.326 e. The van der Waals surface area contributed by atoms with Gasteiger partial charge in [-0.15, -0.1) is 0 Å². The van der Waals surface area contributed by atoms with Gasteiger partial charge in [-0.1, -0.05) is 24.3 Å². The van der Waals surface area contributed by atoms with Crippen molar-refractivity contribution in [2.24, 2.45) is 11.8 Å². The summed E-state index contributed by atoms with van der Waals surface area (Å²) in [6.45, 7) is 3.59. The lowest BCUT2D eigenvalue weighted by atomic mass is 9.80. The summed E-state index contributed by atoms with van der Waals surface area (Å²) in [6.07, 6.45) is 0. The molecule has 6 nitrogen and oxygen atoms in total. The van der Waals surface area contributed by atoms with Gasteiger partial charge in [0.2, 0.25) is 11.8 Å². The first kappa shape index (κ1) is 15.7. The second-order valence-corrected chi connectivity index (χ2v) is 6.41. The number of nitrogens with zero attached hydrogens (tertiary/aromatic N) is 1. The lowest BCUT2D eigenvalue weighted by molar-refractivity contribution is -0.152. The van der Waals surface area contributed by atoms with Crippen LogP contribution in [0.25, 0.3) is 0 Å². The highest BCUT2D eigenvalue weighted by molar-refractivity contribution is 6.09. The van der Waals surface area contributed by atoms with E-state index in [2.05, 4.69) is 5.32 Å². The van der Waals surface area contributed by atoms with Gasteiger partial charge in [0.25, 0.3) is 0 Å². The minimum atomic E-state index is -1.22. The molecular weight excluding hydrogens is 296 g/mol. The third-order valence-corrected chi connectivity index (χ3v) is 5.14. The normalized spacial score (nSPS) is 33.0. The number of amides is 2. The molecule has 2 fully saturated rings. The van der Waals surface area contributed by atoms with E-state index in [1.165, 1.54) is 14.2 Å². The summed E-state index contributed by atoms with van der Waals surface area (Å²) < 4.78 is 4.90. The highest BCUT2D eigenvalue weighted by atomic mass is 16.5. The van der Waals surface area contributed by atoms with Gasteiger partial charge in [-0.25, -0.2) is 0 Å². The van der Waals surface area contributed by atoms with Crippen LogP contribution in [0.5, 0.6) is 0 Å². The van der Waals surface area contributed by atoms with E-state index in [1.54, 1.807) is 6.92 Å². The van der Waals surface area contributed by atoms with Gasteiger partial charge in [0.15, 0.2) is 0 Å². The fourth-order valence-electron chi connectivity index (χ4n) is 3.89. The van der Waals surface area contributed by atoms with E-state index in [1.807, 2.05) is 31.2 Å². The number of carbonyl (C=O) groups excluding carboxylic acids is 3. The number of fused-ring (bicyclic) bond motifs is 1. The van der Waals surface area contributed by atoms with Crippen LogP contribution in [0.15, 0.2) is 24.3 Å². The monoisotopic (exact) mass is 316 g/mol. The molecule has 0 saturated carbocycles. The maximum atomic E-state index is 12.6. The quantitative estimate of drug-likeness (QED) is 0.645. The molecule has 2 amide bonds. The second-order valence-electron chi connectivity index (χ2n) is 6.41. The van der Waals surface area contributed by atoms with Crippen molar-refractivity contribution < 1.29 is 19.1 Å². The van der Waals surface area contributed by atoms with E-state index in [-0.39, 0.29) is 11.8 Å². The van der Waals surface area contributed by atoms with Gasteiger partial charge in [-0.05, 0) is 25.0 Å². The van der Waals surface area contributed by atoms with Crippen LogP contribution in [0.2, 0.25) is 0 Å². The number of carbonyl (C=O) groups is 3. The molecule has 2 heterocycles.